The lowest BCUT2D eigenvalue weighted by atomic mass is 9.96. The first-order chi connectivity index (χ1) is 23.5. The molecule has 0 aromatic heterocycles. The van der Waals surface area contributed by atoms with Crippen molar-refractivity contribution < 1.29 is 37.8 Å². The summed E-state index contributed by atoms with van der Waals surface area (Å²) in [5.74, 6) is -0.962. The molecule has 0 spiro atoms. The maximum atomic E-state index is 12.6. The third kappa shape index (κ3) is 10.3. The molecule has 2 aliphatic rings. The molecule has 0 radical (unpaired) electrons. The van der Waals surface area contributed by atoms with Crippen molar-refractivity contribution in [2.45, 2.75) is 57.9 Å². The Balaban J connectivity index is 0.000000281. The predicted molar refractivity (Wildman–Crippen MR) is 186 cm³/mol. The van der Waals surface area contributed by atoms with E-state index in [-0.39, 0.29) is 29.1 Å². The van der Waals surface area contributed by atoms with Crippen LogP contribution < -0.4 is 24.7 Å². The van der Waals surface area contributed by atoms with Gasteiger partial charge in [-0.05, 0) is 86.3 Å². The molecular formula is C34H37ClN5O8S-. The van der Waals surface area contributed by atoms with Crippen LogP contribution in [0.1, 0.15) is 71.7 Å². The van der Waals surface area contributed by atoms with Crippen LogP contribution in [0.25, 0.3) is 0 Å². The summed E-state index contributed by atoms with van der Waals surface area (Å²) < 4.78 is 29.4. The minimum Gasteiger partial charge on any atom is -0.755 e. The Morgan fingerprint density at radius 3 is 2.31 bits per heavy atom. The Hall–Kier alpha value is -4.79. The summed E-state index contributed by atoms with van der Waals surface area (Å²) in [5, 5.41) is 20.2. The van der Waals surface area contributed by atoms with Crippen molar-refractivity contribution >= 4 is 63.8 Å². The number of nitrogens with one attached hydrogen (secondary N) is 2. The maximum absolute atomic E-state index is 12.6. The highest BCUT2D eigenvalue weighted by Crippen LogP contribution is 2.24. The van der Waals surface area contributed by atoms with Crippen LogP contribution >= 0.6 is 11.6 Å². The molecule has 15 heteroatoms. The van der Waals surface area contributed by atoms with Crippen molar-refractivity contribution in [1.29, 1.82) is 0 Å². The van der Waals surface area contributed by atoms with Crippen LogP contribution in [0.2, 0.25) is 5.02 Å². The lowest BCUT2D eigenvalue weighted by molar-refractivity contribution is -0.116. The van der Waals surface area contributed by atoms with Gasteiger partial charge in [0.2, 0.25) is 0 Å². The van der Waals surface area contributed by atoms with E-state index in [1.165, 1.54) is 24.3 Å². The maximum Gasteiger partial charge on any atom is 0.335 e. The average molecular weight is 711 g/mol. The number of urea groups is 1. The van der Waals surface area contributed by atoms with Gasteiger partial charge in [0, 0.05) is 23.3 Å². The summed E-state index contributed by atoms with van der Waals surface area (Å²) in [6, 6.07) is 16.8. The smallest absolute Gasteiger partial charge is 0.335 e. The van der Waals surface area contributed by atoms with Crippen molar-refractivity contribution in [2.24, 2.45) is 5.10 Å². The number of amides is 4. The minimum absolute atomic E-state index is 0.00157. The molecule has 1 aliphatic carbocycles. The first kappa shape index (κ1) is 37.0. The predicted octanol–water partition coefficient (Wildman–Crippen LogP) is 5.46. The van der Waals surface area contributed by atoms with E-state index in [2.05, 4.69) is 15.7 Å². The minimum atomic E-state index is -2.74. The van der Waals surface area contributed by atoms with Crippen molar-refractivity contribution in [3.05, 3.63) is 88.4 Å². The molecule has 1 fully saturated rings. The first-order valence-electron chi connectivity index (χ1n) is 15.6. The average Bonchev–Trinajstić information content (AvgIpc) is 3.43. The third-order valence-corrected chi connectivity index (χ3v) is 8.73. The van der Waals surface area contributed by atoms with Crippen LogP contribution in [0, 0.1) is 0 Å². The van der Waals surface area contributed by atoms with Gasteiger partial charge in [0.25, 0.3) is 11.8 Å². The van der Waals surface area contributed by atoms with E-state index in [0.717, 1.165) is 47.7 Å². The van der Waals surface area contributed by atoms with Gasteiger partial charge >= 0.3 is 12.0 Å². The summed E-state index contributed by atoms with van der Waals surface area (Å²) in [6.45, 7) is 2.14. The Morgan fingerprint density at radius 1 is 1.06 bits per heavy atom. The van der Waals surface area contributed by atoms with Crippen LogP contribution in [0.3, 0.4) is 0 Å². The van der Waals surface area contributed by atoms with Crippen molar-refractivity contribution in [2.75, 3.05) is 23.0 Å². The van der Waals surface area contributed by atoms with Gasteiger partial charge in [0.05, 0.1) is 47.3 Å². The zero-order valence-corrected chi connectivity index (χ0v) is 28.6. The number of aromatic carboxylic acids is 1. The van der Waals surface area contributed by atoms with Gasteiger partial charge in [-0.2, -0.15) is 5.10 Å². The number of rotatable bonds is 10. The van der Waals surface area contributed by atoms with Crippen molar-refractivity contribution in [3.8, 4) is 5.75 Å². The highest BCUT2D eigenvalue weighted by molar-refractivity contribution is 7.81. The molecular weight excluding hydrogens is 674 g/mol. The van der Waals surface area contributed by atoms with E-state index < -0.39 is 23.3 Å². The number of carboxylic acid groups (broad SMARTS) is 1. The lowest BCUT2D eigenvalue weighted by Crippen LogP contribution is -2.46. The van der Waals surface area contributed by atoms with E-state index in [9.17, 15) is 27.9 Å². The standard InChI is InChI=1S/C23H28ClN3O5S.C11H10N2O3/c1-32-21-12-9-17(24)15-20(21)22(28)25-14-13-16-7-10-19(11-8-16)27(33(30)31)23(29)26-18-5-3-2-4-6-18;1-7-6-10(14)13(12-7)9-4-2-8(3-5-9)11(15)16/h7-12,15,18H,2-6,13-14H2,1H3,(H,25,28)(H,26,29)(H,30,31);2-5H,6H2,1H3,(H,15,16)/p-1. The number of ether oxygens (including phenoxy) is 1. The molecule has 0 saturated heterocycles. The quantitative estimate of drug-likeness (QED) is 0.232. The Bertz CT molecular complexity index is 1710. The number of carbonyl (C=O) groups is 4. The zero-order chi connectivity index (χ0) is 35.5. The molecule has 260 valence electrons. The van der Waals surface area contributed by atoms with Gasteiger partial charge in [0.1, 0.15) is 5.75 Å². The molecule has 0 bridgehead atoms. The molecule has 5 rings (SSSR count). The second-order valence-electron chi connectivity index (χ2n) is 11.4. The summed E-state index contributed by atoms with van der Waals surface area (Å²) in [7, 11) is 1.48. The number of carbonyl (C=O) groups excluding carboxylic acids is 3. The number of hydrogen-bond donors (Lipinski definition) is 3. The molecule has 3 N–H and O–H groups in total. The van der Waals surface area contributed by atoms with E-state index in [4.69, 9.17) is 21.4 Å². The lowest BCUT2D eigenvalue weighted by Gasteiger charge is -2.29. The number of methoxy groups -OCH3 is 1. The Labute approximate surface area is 291 Å². The number of anilines is 2. The summed E-state index contributed by atoms with van der Waals surface area (Å²) in [5.41, 5.74) is 3.02. The number of carboxylic acids is 1. The van der Waals surface area contributed by atoms with E-state index in [1.54, 1.807) is 61.5 Å². The highest BCUT2D eigenvalue weighted by atomic mass is 35.5. The van der Waals surface area contributed by atoms with Gasteiger partial charge < -0.3 is 25.0 Å². The molecule has 13 nitrogen and oxygen atoms in total. The van der Waals surface area contributed by atoms with Gasteiger partial charge in [-0.1, -0.05) is 43.0 Å². The fourth-order valence-corrected chi connectivity index (χ4v) is 5.98. The van der Waals surface area contributed by atoms with E-state index in [0.29, 0.717) is 41.4 Å². The highest BCUT2D eigenvalue weighted by Gasteiger charge is 2.23. The van der Waals surface area contributed by atoms with Crippen LogP contribution in [0.4, 0.5) is 16.2 Å². The van der Waals surface area contributed by atoms with Crippen molar-refractivity contribution in [3.63, 3.8) is 0 Å². The summed E-state index contributed by atoms with van der Waals surface area (Å²) in [4.78, 5) is 47.1. The van der Waals surface area contributed by atoms with Gasteiger partial charge in [0.15, 0.2) is 0 Å². The topological polar surface area (TPSA) is 181 Å². The monoisotopic (exact) mass is 710 g/mol. The normalized spacial score (nSPS) is 15.0. The molecule has 1 saturated carbocycles. The van der Waals surface area contributed by atoms with Crippen LogP contribution in [0.15, 0.2) is 71.8 Å². The van der Waals surface area contributed by atoms with Crippen LogP contribution in [-0.4, -0.2) is 63.1 Å². The second-order valence-corrected chi connectivity index (χ2v) is 12.6. The Kier molecular flexibility index (Phi) is 13.3. The number of halogens is 1. The number of nitrogens with zero attached hydrogens (tertiary/aromatic N) is 3. The third-order valence-electron chi connectivity index (χ3n) is 7.82. The largest absolute Gasteiger partial charge is 0.755 e. The van der Waals surface area contributed by atoms with Gasteiger partial charge in [-0.3, -0.25) is 13.8 Å². The number of hydrazone groups is 1. The number of benzene rings is 3. The second kappa shape index (κ2) is 17.6. The van der Waals surface area contributed by atoms with E-state index in [1.807, 2.05) is 0 Å². The molecule has 3 aromatic carbocycles. The molecule has 3 aromatic rings. The molecule has 1 atom stereocenters. The summed E-state index contributed by atoms with van der Waals surface area (Å²) in [6.07, 6.45) is 5.75. The SMILES string of the molecule is CC1=NN(c2ccc(C(=O)O)cc2)C(=O)C1.COc1ccc(Cl)cc1C(=O)NCCc1ccc(N(C(=O)NC2CCCCC2)S(=O)[O-])cc1. The molecule has 1 aliphatic heterocycles. The molecule has 4 amide bonds. The van der Waals surface area contributed by atoms with Crippen LogP contribution in [0.5, 0.6) is 5.75 Å². The Morgan fingerprint density at radius 2 is 1.73 bits per heavy atom. The zero-order valence-electron chi connectivity index (χ0n) is 27.0. The van der Waals surface area contributed by atoms with Gasteiger partial charge in [-0.15, -0.1) is 0 Å². The number of hydrogen-bond acceptors (Lipinski definition) is 8. The molecule has 1 unspecified atom stereocenters. The molecule has 1 heterocycles. The van der Waals surface area contributed by atoms with Crippen molar-refractivity contribution in [1.82, 2.24) is 10.6 Å². The first-order valence-corrected chi connectivity index (χ1v) is 17.0. The fourth-order valence-electron chi connectivity index (χ4n) is 5.32. The van der Waals surface area contributed by atoms with Crippen LogP contribution in [-0.2, 0) is 22.5 Å². The summed E-state index contributed by atoms with van der Waals surface area (Å²) >= 11 is 3.23. The van der Waals surface area contributed by atoms with Gasteiger partial charge in [-0.25, -0.2) is 18.9 Å². The van der Waals surface area contributed by atoms with E-state index >= 15 is 0 Å². The fraction of sp³-hybridized carbons (Fsp3) is 0.324. The molecule has 49 heavy (non-hydrogen) atoms.